The van der Waals surface area contributed by atoms with E-state index in [0.717, 1.165) is 0 Å². The van der Waals surface area contributed by atoms with Crippen LogP contribution in [0.3, 0.4) is 0 Å². The third-order valence-corrected chi connectivity index (χ3v) is 1.09. The molecule has 8 heavy (non-hydrogen) atoms. The Kier molecular flexibility index (Phi) is 4.90. The Labute approximate surface area is 48.7 Å². The highest BCUT2D eigenvalue weighted by Gasteiger charge is 2.00. The van der Waals surface area contributed by atoms with Crippen molar-refractivity contribution in [3.8, 4) is 0 Å². The van der Waals surface area contributed by atoms with Gasteiger partial charge in [0, 0.05) is 6.04 Å². The van der Waals surface area contributed by atoms with Crippen molar-refractivity contribution in [1.82, 2.24) is 5.32 Å². The van der Waals surface area contributed by atoms with Crippen molar-refractivity contribution in [1.29, 1.82) is 0 Å². The number of hydrogen-bond acceptors (Lipinski definition) is 2. The molecule has 2 N–H and O–H groups in total. The minimum absolute atomic E-state index is 0.0143. The van der Waals surface area contributed by atoms with Gasteiger partial charge in [-0.15, -0.1) is 0 Å². The van der Waals surface area contributed by atoms with Gasteiger partial charge in [0.25, 0.3) is 0 Å². The lowest BCUT2D eigenvalue weighted by atomic mass is 10.2. The molecule has 0 radical (unpaired) electrons. The van der Waals surface area contributed by atoms with Crippen molar-refractivity contribution < 1.29 is 9.50 Å². The van der Waals surface area contributed by atoms with Crippen LogP contribution < -0.4 is 5.32 Å². The van der Waals surface area contributed by atoms with Crippen molar-refractivity contribution in [3.05, 3.63) is 0 Å². The highest BCUT2D eigenvalue weighted by Crippen LogP contribution is 1.88. The molecule has 2 nitrogen and oxygen atoms in total. The zero-order valence-electron chi connectivity index (χ0n) is 5.02. The molecule has 0 spiro atoms. The number of hydrogen-bond donors (Lipinski definition) is 2. The predicted molar refractivity (Wildman–Crippen MR) is 30.5 cm³/mol. The van der Waals surface area contributed by atoms with E-state index >= 15 is 0 Å². The lowest BCUT2D eigenvalue weighted by Gasteiger charge is -2.08. The highest BCUT2D eigenvalue weighted by atomic mass is 19.1. The molecule has 0 saturated heterocycles. The number of rotatable bonds is 4. The summed E-state index contributed by atoms with van der Waals surface area (Å²) in [5.74, 6) is 0. The molecule has 0 saturated carbocycles. The number of aliphatic hydroxyl groups is 1. The Morgan fingerprint density at radius 3 is 2.50 bits per heavy atom. The Morgan fingerprint density at radius 2 is 2.38 bits per heavy atom. The average molecular weight is 121 g/mol. The molecular formula is C5H12FNO. The second-order valence-corrected chi connectivity index (χ2v) is 1.65. The summed E-state index contributed by atoms with van der Waals surface area (Å²) in [6.07, 6.45) is 0.396. The summed E-state index contributed by atoms with van der Waals surface area (Å²) in [4.78, 5) is 0. The maximum absolute atomic E-state index is 11.5. The molecule has 0 amide bonds. The predicted octanol–water partition coefficient (Wildman–Crippen LogP) is -0.0737. The fourth-order valence-electron chi connectivity index (χ4n) is 0.459. The lowest BCUT2D eigenvalue weighted by Crippen LogP contribution is -2.29. The largest absolute Gasteiger partial charge is 0.395 e. The third kappa shape index (κ3) is 2.93. The van der Waals surface area contributed by atoms with Crippen LogP contribution in [-0.4, -0.2) is 31.5 Å². The minimum Gasteiger partial charge on any atom is -0.395 e. The van der Waals surface area contributed by atoms with Crippen LogP contribution in [0.4, 0.5) is 4.39 Å². The quantitative estimate of drug-likeness (QED) is 0.545. The second-order valence-electron chi connectivity index (χ2n) is 1.65. The van der Waals surface area contributed by atoms with E-state index in [1.54, 1.807) is 7.05 Å². The minimum atomic E-state index is -0.369. The summed E-state index contributed by atoms with van der Waals surface area (Å²) in [5, 5.41) is 11.2. The summed E-state index contributed by atoms with van der Waals surface area (Å²) < 4.78 is 11.5. The Hall–Kier alpha value is -0.150. The van der Waals surface area contributed by atoms with Crippen molar-refractivity contribution >= 4 is 0 Å². The van der Waals surface area contributed by atoms with Gasteiger partial charge in [0.2, 0.25) is 0 Å². The van der Waals surface area contributed by atoms with Gasteiger partial charge >= 0.3 is 0 Å². The first-order valence-electron chi connectivity index (χ1n) is 2.69. The molecule has 0 aliphatic heterocycles. The number of aliphatic hydroxyl groups excluding tert-OH is 1. The van der Waals surface area contributed by atoms with E-state index in [2.05, 4.69) is 5.32 Å². The molecule has 0 fully saturated rings. The zero-order chi connectivity index (χ0) is 6.41. The Balaban J connectivity index is 3.07. The number of nitrogens with one attached hydrogen (secondary N) is 1. The third-order valence-electron chi connectivity index (χ3n) is 1.09. The van der Waals surface area contributed by atoms with Crippen molar-refractivity contribution in [3.63, 3.8) is 0 Å². The molecule has 0 heterocycles. The first-order valence-corrected chi connectivity index (χ1v) is 2.69. The molecular weight excluding hydrogens is 109 g/mol. The smallest absolute Gasteiger partial charge is 0.0910 e. The molecule has 3 heteroatoms. The number of likely N-dealkylation sites (N-methyl/N-ethyl adjacent to an activating group) is 1. The van der Waals surface area contributed by atoms with Crippen LogP contribution in [0.15, 0.2) is 0 Å². The summed E-state index contributed by atoms with van der Waals surface area (Å²) in [6.45, 7) is -0.355. The summed E-state index contributed by atoms with van der Waals surface area (Å²) in [7, 11) is 1.70. The van der Waals surface area contributed by atoms with Crippen LogP contribution >= 0.6 is 0 Å². The summed E-state index contributed by atoms with van der Waals surface area (Å²) >= 11 is 0. The molecule has 0 bridgehead atoms. The van der Waals surface area contributed by atoms with E-state index in [9.17, 15) is 4.39 Å². The van der Waals surface area contributed by atoms with Crippen LogP contribution in [-0.2, 0) is 0 Å². The fraction of sp³-hybridized carbons (Fsp3) is 1.00. The van der Waals surface area contributed by atoms with Crippen LogP contribution in [0.5, 0.6) is 0 Å². The van der Waals surface area contributed by atoms with Crippen molar-refractivity contribution in [2.24, 2.45) is 0 Å². The van der Waals surface area contributed by atoms with Gasteiger partial charge in [-0.2, -0.15) is 0 Å². The van der Waals surface area contributed by atoms with Crippen molar-refractivity contribution in [2.45, 2.75) is 12.5 Å². The van der Waals surface area contributed by atoms with E-state index in [1.807, 2.05) is 0 Å². The molecule has 0 aromatic carbocycles. The SMILES string of the molecule is CN[C@H](CO)CCF. The normalized spacial score (nSPS) is 13.9. The van der Waals surface area contributed by atoms with Gasteiger partial charge in [0.1, 0.15) is 0 Å². The maximum atomic E-state index is 11.5. The fourth-order valence-corrected chi connectivity index (χ4v) is 0.459. The molecule has 1 atom stereocenters. The first kappa shape index (κ1) is 7.85. The Bertz CT molecular complexity index is 47.7. The van der Waals surface area contributed by atoms with Crippen LogP contribution in [0.1, 0.15) is 6.42 Å². The van der Waals surface area contributed by atoms with E-state index in [-0.39, 0.29) is 19.3 Å². The molecule has 0 aliphatic rings. The van der Waals surface area contributed by atoms with Crippen LogP contribution in [0.2, 0.25) is 0 Å². The molecule has 0 aromatic heterocycles. The summed E-state index contributed by atoms with van der Waals surface area (Å²) in [5.41, 5.74) is 0. The van der Waals surface area contributed by atoms with E-state index in [4.69, 9.17) is 5.11 Å². The number of halogens is 1. The van der Waals surface area contributed by atoms with Gasteiger partial charge in [0.15, 0.2) is 0 Å². The summed E-state index contributed by atoms with van der Waals surface area (Å²) in [6, 6.07) is -0.0694. The number of alkyl halides is 1. The molecule has 0 rings (SSSR count). The van der Waals surface area contributed by atoms with E-state index in [1.165, 1.54) is 0 Å². The van der Waals surface area contributed by atoms with E-state index < -0.39 is 0 Å². The zero-order valence-corrected chi connectivity index (χ0v) is 5.02. The van der Waals surface area contributed by atoms with Gasteiger partial charge < -0.3 is 10.4 Å². The van der Waals surface area contributed by atoms with Crippen LogP contribution in [0.25, 0.3) is 0 Å². The first-order chi connectivity index (χ1) is 3.85. The standard InChI is InChI=1S/C5H12FNO/c1-7-5(4-8)2-3-6/h5,7-8H,2-4H2,1H3/t5-/m0/s1. The van der Waals surface area contributed by atoms with Gasteiger partial charge in [-0.05, 0) is 13.5 Å². The molecule has 0 aromatic rings. The molecule has 0 unspecified atom stereocenters. The van der Waals surface area contributed by atoms with Crippen molar-refractivity contribution in [2.75, 3.05) is 20.3 Å². The van der Waals surface area contributed by atoms with E-state index in [0.29, 0.717) is 6.42 Å². The van der Waals surface area contributed by atoms with Gasteiger partial charge in [-0.25, -0.2) is 0 Å². The second kappa shape index (κ2) is 5.00. The monoisotopic (exact) mass is 121 g/mol. The topological polar surface area (TPSA) is 32.3 Å². The maximum Gasteiger partial charge on any atom is 0.0910 e. The average Bonchev–Trinajstić information content (AvgIpc) is 1.83. The van der Waals surface area contributed by atoms with Gasteiger partial charge in [-0.3, -0.25) is 4.39 Å². The van der Waals surface area contributed by atoms with Crippen LogP contribution in [0, 0.1) is 0 Å². The molecule has 50 valence electrons. The highest BCUT2D eigenvalue weighted by molar-refractivity contribution is 4.60. The van der Waals surface area contributed by atoms with Gasteiger partial charge in [0.05, 0.1) is 13.3 Å². The Morgan fingerprint density at radius 1 is 1.75 bits per heavy atom. The van der Waals surface area contributed by atoms with Gasteiger partial charge in [-0.1, -0.05) is 0 Å². The lowest BCUT2D eigenvalue weighted by molar-refractivity contribution is 0.233. The molecule has 0 aliphatic carbocycles.